The molecule has 0 aliphatic heterocycles. The molecule has 0 unspecified atom stereocenters. The highest BCUT2D eigenvalue weighted by Gasteiger charge is 2.10. The second kappa shape index (κ2) is 5.31. The Balaban J connectivity index is 2.45. The molecule has 0 saturated heterocycles. The monoisotopic (exact) mass is 245 g/mol. The first kappa shape index (κ1) is 12.1. The Morgan fingerprint density at radius 2 is 1.94 bits per heavy atom. The molecular weight excluding hydrogens is 233 g/mol. The zero-order valence-corrected chi connectivity index (χ0v) is 9.81. The molecule has 0 bridgehead atoms. The molecule has 4 heteroatoms. The van der Waals surface area contributed by atoms with Crippen LogP contribution in [-0.2, 0) is 0 Å². The Morgan fingerprint density at radius 1 is 1.17 bits per heavy atom. The fourth-order valence-corrected chi connectivity index (χ4v) is 1.65. The van der Waals surface area contributed by atoms with Crippen LogP contribution in [0.25, 0.3) is 0 Å². The summed E-state index contributed by atoms with van der Waals surface area (Å²) in [6, 6.07) is 11.3. The molecule has 0 saturated carbocycles. The second-order valence-electron chi connectivity index (χ2n) is 3.65. The number of aldehydes is 1. The van der Waals surface area contributed by atoms with E-state index >= 15 is 0 Å². The highest BCUT2D eigenvalue weighted by molar-refractivity contribution is 5.89. The smallest absolute Gasteiger partial charge is 0.152 e. The lowest BCUT2D eigenvalue weighted by Crippen LogP contribution is -2.00. The van der Waals surface area contributed by atoms with Crippen LogP contribution >= 0.6 is 0 Å². The Labute approximate surface area is 104 Å². The first-order valence-electron chi connectivity index (χ1n) is 5.40. The summed E-state index contributed by atoms with van der Waals surface area (Å²) in [7, 11) is 1.50. The van der Waals surface area contributed by atoms with Crippen molar-refractivity contribution < 1.29 is 13.9 Å². The van der Waals surface area contributed by atoms with Gasteiger partial charge in [-0.1, -0.05) is 18.2 Å². The molecule has 92 valence electrons. The fraction of sp³-hybridized carbons (Fsp3) is 0.0714. The molecule has 0 aliphatic carbocycles. The largest absolute Gasteiger partial charge is 0.495 e. The number of hydrogen-bond acceptors (Lipinski definition) is 3. The van der Waals surface area contributed by atoms with Crippen molar-refractivity contribution in [2.24, 2.45) is 0 Å². The average Bonchev–Trinajstić information content (AvgIpc) is 2.41. The molecule has 0 aliphatic rings. The van der Waals surface area contributed by atoms with Gasteiger partial charge >= 0.3 is 0 Å². The number of anilines is 2. The van der Waals surface area contributed by atoms with Crippen LogP contribution in [-0.4, -0.2) is 13.4 Å². The van der Waals surface area contributed by atoms with Crippen LogP contribution in [0.4, 0.5) is 15.8 Å². The van der Waals surface area contributed by atoms with E-state index in [1.807, 2.05) is 0 Å². The van der Waals surface area contributed by atoms with Crippen molar-refractivity contribution in [2.75, 3.05) is 12.4 Å². The van der Waals surface area contributed by atoms with Gasteiger partial charge in [0.15, 0.2) is 6.29 Å². The predicted molar refractivity (Wildman–Crippen MR) is 68.1 cm³/mol. The van der Waals surface area contributed by atoms with Crippen LogP contribution in [0.3, 0.4) is 0 Å². The van der Waals surface area contributed by atoms with Crippen molar-refractivity contribution in [3.63, 3.8) is 0 Å². The molecule has 0 spiro atoms. The molecule has 3 nitrogen and oxygen atoms in total. The SMILES string of the molecule is COc1cccc(C=O)c1Nc1ccccc1F. The van der Waals surface area contributed by atoms with Gasteiger partial charge in [0.1, 0.15) is 11.6 Å². The number of para-hydroxylation sites is 2. The van der Waals surface area contributed by atoms with Crippen LogP contribution in [0.15, 0.2) is 42.5 Å². The van der Waals surface area contributed by atoms with Gasteiger partial charge in [-0.15, -0.1) is 0 Å². The topological polar surface area (TPSA) is 38.3 Å². The van der Waals surface area contributed by atoms with Gasteiger partial charge in [-0.25, -0.2) is 4.39 Å². The molecule has 0 radical (unpaired) electrons. The predicted octanol–water partition coefficient (Wildman–Crippen LogP) is 3.39. The van der Waals surface area contributed by atoms with E-state index < -0.39 is 0 Å². The molecule has 2 aromatic carbocycles. The van der Waals surface area contributed by atoms with Gasteiger partial charge in [-0.05, 0) is 24.3 Å². The summed E-state index contributed by atoms with van der Waals surface area (Å²) in [5.41, 5.74) is 1.17. The van der Waals surface area contributed by atoms with Crippen LogP contribution < -0.4 is 10.1 Å². The number of hydrogen-bond donors (Lipinski definition) is 1. The molecule has 0 aromatic heterocycles. The standard InChI is InChI=1S/C14H12FNO2/c1-18-13-8-4-5-10(9-17)14(13)16-12-7-3-2-6-11(12)15/h2-9,16H,1H3. The van der Waals surface area contributed by atoms with E-state index in [1.165, 1.54) is 13.2 Å². The molecule has 0 amide bonds. The Hall–Kier alpha value is -2.36. The van der Waals surface area contributed by atoms with Crippen LogP contribution in [0.2, 0.25) is 0 Å². The maximum Gasteiger partial charge on any atom is 0.152 e. The Morgan fingerprint density at radius 3 is 2.61 bits per heavy atom. The van der Waals surface area contributed by atoms with E-state index in [-0.39, 0.29) is 5.82 Å². The van der Waals surface area contributed by atoms with Crippen molar-refractivity contribution in [1.82, 2.24) is 0 Å². The summed E-state index contributed by atoms with van der Waals surface area (Å²) < 4.78 is 18.7. The summed E-state index contributed by atoms with van der Waals surface area (Å²) in [6.45, 7) is 0. The molecule has 0 heterocycles. The zero-order chi connectivity index (χ0) is 13.0. The van der Waals surface area contributed by atoms with E-state index in [2.05, 4.69) is 5.32 Å². The molecule has 1 N–H and O–H groups in total. The first-order valence-corrected chi connectivity index (χ1v) is 5.40. The molecule has 2 rings (SSSR count). The lowest BCUT2D eigenvalue weighted by Gasteiger charge is -2.13. The third-order valence-electron chi connectivity index (χ3n) is 2.54. The third-order valence-corrected chi connectivity index (χ3v) is 2.54. The number of carbonyl (C=O) groups excluding carboxylic acids is 1. The number of methoxy groups -OCH3 is 1. The number of nitrogens with one attached hydrogen (secondary N) is 1. The van der Waals surface area contributed by atoms with Crippen molar-refractivity contribution in [3.8, 4) is 5.75 Å². The number of halogens is 1. The van der Waals surface area contributed by atoms with Crippen molar-refractivity contribution in [1.29, 1.82) is 0 Å². The highest BCUT2D eigenvalue weighted by Crippen LogP contribution is 2.31. The minimum atomic E-state index is -0.389. The quantitative estimate of drug-likeness (QED) is 0.839. The second-order valence-corrected chi connectivity index (χ2v) is 3.65. The number of rotatable bonds is 4. The van der Waals surface area contributed by atoms with Crippen LogP contribution in [0.1, 0.15) is 10.4 Å². The molecule has 18 heavy (non-hydrogen) atoms. The van der Waals surface area contributed by atoms with Crippen molar-refractivity contribution in [2.45, 2.75) is 0 Å². The van der Waals surface area contributed by atoms with Crippen molar-refractivity contribution in [3.05, 3.63) is 53.8 Å². The van der Waals surface area contributed by atoms with Gasteiger partial charge in [0, 0.05) is 5.56 Å². The molecule has 0 atom stereocenters. The molecule has 2 aromatic rings. The van der Waals surface area contributed by atoms with E-state index in [4.69, 9.17) is 4.74 Å². The Kier molecular flexibility index (Phi) is 3.57. The van der Waals surface area contributed by atoms with Gasteiger partial charge in [-0.2, -0.15) is 0 Å². The summed E-state index contributed by atoms with van der Waals surface area (Å²) >= 11 is 0. The molecular formula is C14H12FNO2. The van der Waals surface area contributed by atoms with Gasteiger partial charge in [0.05, 0.1) is 18.5 Å². The van der Waals surface area contributed by atoms with Crippen LogP contribution in [0, 0.1) is 5.82 Å². The summed E-state index contributed by atoms with van der Waals surface area (Å²) in [4.78, 5) is 11.0. The maximum absolute atomic E-state index is 13.6. The van der Waals surface area contributed by atoms with Gasteiger partial charge in [0.2, 0.25) is 0 Å². The lowest BCUT2D eigenvalue weighted by molar-refractivity contribution is 0.112. The fourth-order valence-electron chi connectivity index (χ4n) is 1.65. The third kappa shape index (κ3) is 2.32. The average molecular weight is 245 g/mol. The summed E-state index contributed by atoms with van der Waals surface area (Å²) in [5.74, 6) is 0.100. The molecule has 0 fully saturated rings. The highest BCUT2D eigenvalue weighted by atomic mass is 19.1. The maximum atomic E-state index is 13.6. The van der Waals surface area contributed by atoms with E-state index in [1.54, 1.807) is 36.4 Å². The first-order chi connectivity index (χ1) is 8.76. The zero-order valence-electron chi connectivity index (χ0n) is 9.81. The normalized spacial score (nSPS) is 9.89. The number of ether oxygens (including phenoxy) is 1. The number of carbonyl (C=O) groups is 1. The number of benzene rings is 2. The van der Waals surface area contributed by atoms with Crippen molar-refractivity contribution >= 4 is 17.7 Å². The van der Waals surface area contributed by atoms with Gasteiger partial charge in [-0.3, -0.25) is 4.79 Å². The minimum Gasteiger partial charge on any atom is -0.495 e. The minimum absolute atomic E-state index is 0.296. The van der Waals surface area contributed by atoms with E-state index in [0.29, 0.717) is 29.0 Å². The van der Waals surface area contributed by atoms with Crippen LogP contribution in [0.5, 0.6) is 5.75 Å². The lowest BCUT2D eigenvalue weighted by atomic mass is 10.1. The summed E-state index contributed by atoms with van der Waals surface area (Å²) in [5, 5.41) is 2.88. The van der Waals surface area contributed by atoms with Gasteiger partial charge in [0.25, 0.3) is 0 Å². The summed E-state index contributed by atoms with van der Waals surface area (Å²) in [6.07, 6.45) is 0.700. The van der Waals surface area contributed by atoms with E-state index in [9.17, 15) is 9.18 Å². The van der Waals surface area contributed by atoms with Gasteiger partial charge < -0.3 is 10.1 Å². The Bertz CT molecular complexity index is 569. The van der Waals surface area contributed by atoms with E-state index in [0.717, 1.165) is 0 Å².